The maximum absolute atomic E-state index is 11.4. The van der Waals surface area contributed by atoms with Crippen molar-refractivity contribution in [3.05, 3.63) is 35.4 Å². The number of aromatic hydroxyl groups is 1. The van der Waals surface area contributed by atoms with Gasteiger partial charge in [-0.15, -0.1) is 0 Å². The van der Waals surface area contributed by atoms with Crippen LogP contribution in [-0.2, 0) is 4.74 Å². The van der Waals surface area contributed by atoms with Crippen molar-refractivity contribution < 1.29 is 19.4 Å². The summed E-state index contributed by atoms with van der Waals surface area (Å²) in [4.78, 5) is 22.1. The van der Waals surface area contributed by atoms with E-state index in [4.69, 9.17) is 4.74 Å². The van der Waals surface area contributed by atoms with Gasteiger partial charge in [0, 0.05) is 17.7 Å². The van der Waals surface area contributed by atoms with Gasteiger partial charge >= 0.3 is 6.09 Å². The molecule has 0 heterocycles. The Labute approximate surface area is 124 Å². The molecule has 21 heavy (non-hydrogen) atoms. The average molecular weight is 291 g/mol. The molecule has 0 saturated carbocycles. The van der Waals surface area contributed by atoms with Crippen LogP contribution in [0, 0.1) is 0 Å². The second kappa shape index (κ2) is 7.47. The van der Waals surface area contributed by atoms with Crippen LogP contribution >= 0.6 is 0 Å². The molecule has 1 aromatic rings. The van der Waals surface area contributed by atoms with Gasteiger partial charge in [0.05, 0.1) is 0 Å². The zero-order valence-corrected chi connectivity index (χ0v) is 12.6. The first-order valence-electron chi connectivity index (χ1n) is 6.73. The van der Waals surface area contributed by atoms with Crippen molar-refractivity contribution in [3.63, 3.8) is 0 Å². The Kier molecular flexibility index (Phi) is 5.96. The third-order valence-corrected chi connectivity index (χ3v) is 2.46. The molecule has 0 aliphatic heterocycles. The lowest BCUT2D eigenvalue weighted by Crippen LogP contribution is -2.32. The van der Waals surface area contributed by atoms with Crippen molar-refractivity contribution in [1.82, 2.24) is 5.32 Å². The topological polar surface area (TPSA) is 75.6 Å². The van der Waals surface area contributed by atoms with Crippen molar-refractivity contribution >= 4 is 18.5 Å². The first-order valence-corrected chi connectivity index (χ1v) is 6.73. The summed E-state index contributed by atoms with van der Waals surface area (Å²) < 4.78 is 5.10. The number of phenolic OH excluding ortho intramolecular Hbond substituents is 1. The molecule has 0 aliphatic carbocycles. The Morgan fingerprint density at radius 3 is 2.71 bits per heavy atom. The third kappa shape index (κ3) is 6.61. The molecule has 0 radical (unpaired) electrons. The normalized spacial score (nSPS) is 11.4. The maximum Gasteiger partial charge on any atom is 0.407 e. The number of benzene rings is 1. The lowest BCUT2D eigenvalue weighted by Gasteiger charge is -2.19. The number of ether oxygens (including phenoxy) is 1. The van der Waals surface area contributed by atoms with Crippen LogP contribution in [0.2, 0.25) is 0 Å². The van der Waals surface area contributed by atoms with Crippen LogP contribution in [0.4, 0.5) is 4.79 Å². The lowest BCUT2D eigenvalue weighted by molar-refractivity contribution is 0.0528. The number of hydrogen-bond acceptors (Lipinski definition) is 4. The molecule has 0 aliphatic rings. The second-order valence-electron chi connectivity index (χ2n) is 5.56. The lowest BCUT2D eigenvalue weighted by atomic mass is 10.1. The van der Waals surface area contributed by atoms with Crippen LogP contribution in [0.5, 0.6) is 5.75 Å². The van der Waals surface area contributed by atoms with E-state index < -0.39 is 11.7 Å². The van der Waals surface area contributed by atoms with E-state index in [1.807, 2.05) is 0 Å². The molecule has 1 amide bonds. The molecule has 1 aromatic carbocycles. The summed E-state index contributed by atoms with van der Waals surface area (Å²) in [5.74, 6) is 0.108. The minimum absolute atomic E-state index is 0.108. The highest BCUT2D eigenvalue weighted by Crippen LogP contribution is 2.19. The highest BCUT2D eigenvalue weighted by Gasteiger charge is 2.15. The van der Waals surface area contributed by atoms with Crippen molar-refractivity contribution in [2.45, 2.75) is 32.8 Å². The number of rotatable bonds is 5. The molecule has 0 saturated heterocycles. The second-order valence-corrected chi connectivity index (χ2v) is 5.56. The van der Waals surface area contributed by atoms with E-state index in [1.54, 1.807) is 45.1 Å². The number of carbonyl (C=O) groups excluding carboxylic acids is 2. The van der Waals surface area contributed by atoms with Crippen LogP contribution in [0.25, 0.3) is 6.08 Å². The standard InChI is InChI=1S/C16H21NO4/c1-16(2,3)21-15(20)17-9-5-4-6-13-10-12(11-18)7-8-14(13)19/h4,6-8,10-11,19H,5,9H2,1-3H3,(H,17,20). The van der Waals surface area contributed by atoms with Gasteiger partial charge in [0.15, 0.2) is 0 Å². The first kappa shape index (κ1) is 16.8. The molecule has 1 rings (SSSR count). The van der Waals surface area contributed by atoms with E-state index >= 15 is 0 Å². The van der Waals surface area contributed by atoms with Gasteiger partial charge in [-0.25, -0.2) is 4.79 Å². The van der Waals surface area contributed by atoms with E-state index in [-0.39, 0.29) is 5.75 Å². The fourth-order valence-electron chi connectivity index (χ4n) is 1.56. The molecule has 5 nitrogen and oxygen atoms in total. The summed E-state index contributed by atoms with van der Waals surface area (Å²) in [6.07, 6.45) is 4.37. The zero-order chi connectivity index (χ0) is 15.9. The number of alkyl carbamates (subject to hydrolysis) is 1. The third-order valence-electron chi connectivity index (χ3n) is 2.46. The molecule has 0 atom stereocenters. The highest BCUT2D eigenvalue weighted by molar-refractivity contribution is 5.77. The molecule has 114 valence electrons. The number of amides is 1. The maximum atomic E-state index is 11.4. The largest absolute Gasteiger partial charge is 0.507 e. The van der Waals surface area contributed by atoms with Crippen LogP contribution in [0.3, 0.4) is 0 Å². The molecule has 0 spiro atoms. The predicted octanol–water partition coefficient (Wildman–Crippen LogP) is 3.13. The monoisotopic (exact) mass is 291 g/mol. The Bertz CT molecular complexity index is 530. The van der Waals surface area contributed by atoms with Gasteiger partial charge in [-0.1, -0.05) is 12.2 Å². The van der Waals surface area contributed by atoms with E-state index in [1.165, 1.54) is 6.07 Å². The van der Waals surface area contributed by atoms with Gasteiger partial charge < -0.3 is 15.2 Å². The van der Waals surface area contributed by atoms with Crippen LogP contribution < -0.4 is 5.32 Å². The first-order chi connectivity index (χ1) is 9.81. The van der Waals surface area contributed by atoms with Gasteiger partial charge in [0.25, 0.3) is 0 Å². The van der Waals surface area contributed by atoms with Gasteiger partial charge in [-0.05, 0) is 45.4 Å². The highest BCUT2D eigenvalue weighted by atomic mass is 16.6. The van der Waals surface area contributed by atoms with Crippen molar-refractivity contribution in [2.24, 2.45) is 0 Å². The van der Waals surface area contributed by atoms with E-state index in [9.17, 15) is 14.7 Å². The Balaban J connectivity index is 2.42. The van der Waals surface area contributed by atoms with E-state index in [0.717, 1.165) is 6.29 Å². The Morgan fingerprint density at radius 1 is 1.38 bits per heavy atom. The number of phenols is 1. The van der Waals surface area contributed by atoms with Gasteiger partial charge in [0.1, 0.15) is 17.6 Å². The summed E-state index contributed by atoms with van der Waals surface area (Å²) in [7, 11) is 0. The van der Waals surface area contributed by atoms with Crippen molar-refractivity contribution in [3.8, 4) is 5.75 Å². The SMILES string of the molecule is CC(C)(C)OC(=O)NCCC=Cc1cc(C=O)ccc1O. The van der Waals surface area contributed by atoms with Crippen LogP contribution in [-0.4, -0.2) is 29.6 Å². The van der Waals surface area contributed by atoms with Gasteiger partial charge in [-0.2, -0.15) is 0 Å². The molecule has 0 aromatic heterocycles. The molecule has 0 unspecified atom stereocenters. The molecular formula is C16H21NO4. The van der Waals surface area contributed by atoms with Crippen molar-refractivity contribution in [2.75, 3.05) is 6.54 Å². The minimum Gasteiger partial charge on any atom is -0.507 e. The quantitative estimate of drug-likeness (QED) is 0.645. The summed E-state index contributed by atoms with van der Waals surface area (Å²) in [6.45, 7) is 5.83. The van der Waals surface area contributed by atoms with Crippen LogP contribution in [0.15, 0.2) is 24.3 Å². The van der Waals surface area contributed by atoms with E-state index in [0.29, 0.717) is 24.1 Å². The van der Waals surface area contributed by atoms with E-state index in [2.05, 4.69) is 5.32 Å². The summed E-state index contributed by atoms with van der Waals surface area (Å²) in [5.41, 5.74) is 0.553. The van der Waals surface area contributed by atoms with Gasteiger partial charge in [-0.3, -0.25) is 4.79 Å². The predicted molar refractivity (Wildman–Crippen MR) is 81.4 cm³/mol. The smallest absolute Gasteiger partial charge is 0.407 e. The molecule has 0 bridgehead atoms. The molecule has 5 heteroatoms. The zero-order valence-electron chi connectivity index (χ0n) is 12.6. The molecule has 0 fully saturated rings. The Morgan fingerprint density at radius 2 is 2.10 bits per heavy atom. The minimum atomic E-state index is -0.513. The fourth-order valence-corrected chi connectivity index (χ4v) is 1.56. The number of hydrogen-bond donors (Lipinski definition) is 2. The molecular weight excluding hydrogens is 270 g/mol. The summed E-state index contributed by atoms with van der Waals surface area (Å²) in [6, 6.07) is 4.62. The molecule has 2 N–H and O–H groups in total. The van der Waals surface area contributed by atoms with Gasteiger partial charge in [0.2, 0.25) is 0 Å². The number of nitrogens with one attached hydrogen (secondary N) is 1. The fraction of sp³-hybridized carbons (Fsp3) is 0.375. The summed E-state index contributed by atoms with van der Waals surface area (Å²) >= 11 is 0. The summed E-state index contributed by atoms with van der Waals surface area (Å²) in [5, 5.41) is 12.3. The average Bonchev–Trinajstić information content (AvgIpc) is 2.38. The number of carbonyl (C=O) groups is 2. The number of aldehydes is 1. The van der Waals surface area contributed by atoms with Crippen LogP contribution in [0.1, 0.15) is 43.1 Å². The van der Waals surface area contributed by atoms with Crippen molar-refractivity contribution in [1.29, 1.82) is 0 Å². The Hall–Kier alpha value is -2.30.